The van der Waals surface area contributed by atoms with Gasteiger partial charge in [0.2, 0.25) is 10.0 Å². The molecule has 1 atom stereocenters. The lowest BCUT2D eigenvalue weighted by Gasteiger charge is -2.26. The van der Waals surface area contributed by atoms with Gasteiger partial charge in [-0.1, -0.05) is 25.7 Å². The van der Waals surface area contributed by atoms with Crippen molar-refractivity contribution in [3.8, 4) is 0 Å². The molecule has 1 aromatic carbocycles. The molecule has 0 unspecified atom stereocenters. The molecule has 3 rings (SSSR count). The maximum atomic E-state index is 14.3. The van der Waals surface area contributed by atoms with Crippen LogP contribution >= 0.6 is 0 Å². The van der Waals surface area contributed by atoms with E-state index in [0.717, 1.165) is 63.5 Å². The van der Waals surface area contributed by atoms with Crippen LogP contribution in [0.1, 0.15) is 68.6 Å². The van der Waals surface area contributed by atoms with Crippen LogP contribution in [0.2, 0.25) is 0 Å². The van der Waals surface area contributed by atoms with Crippen LogP contribution in [-0.4, -0.2) is 49.8 Å². The molecule has 1 aliphatic carbocycles. The summed E-state index contributed by atoms with van der Waals surface area (Å²) in [6.07, 6.45) is 6.42. The molecular weight excluding hydrogens is 411 g/mol. The van der Waals surface area contributed by atoms with Crippen molar-refractivity contribution in [2.24, 2.45) is 0 Å². The molecule has 0 radical (unpaired) electrons. The first-order chi connectivity index (χ1) is 14.3. The van der Waals surface area contributed by atoms with Crippen LogP contribution in [0.5, 0.6) is 0 Å². The largest absolute Gasteiger partial charge is 0.449 e. The van der Waals surface area contributed by atoms with E-state index in [2.05, 4.69) is 5.32 Å². The number of benzene rings is 1. The second-order valence-corrected chi connectivity index (χ2v) is 9.91. The van der Waals surface area contributed by atoms with Gasteiger partial charge in [0, 0.05) is 19.1 Å². The highest BCUT2D eigenvalue weighted by molar-refractivity contribution is 7.89. The number of nitrogens with one attached hydrogen (secondary N) is 1. The first kappa shape index (κ1) is 22.7. The van der Waals surface area contributed by atoms with Gasteiger partial charge in [0.1, 0.15) is 10.7 Å². The fourth-order valence-electron chi connectivity index (χ4n) is 3.92. The van der Waals surface area contributed by atoms with Crippen molar-refractivity contribution in [1.82, 2.24) is 9.62 Å². The summed E-state index contributed by atoms with van der Waals surface area (Å²) in [6, 6.07) is 3.19. The van der Waals surface area contributed by atoms with E-state index in [9.17, 15) is 22.4 Å². The highest BCUT2D eigenvalue weighted by Gasteiger charge is 2.30. The maximum Gasteiger partial charge on any atom is 0.338 e. The zero-order valence-electron chi connectivity index (χ0n) is 17.2. The molecule has 2 aliphatic rings. The van der Waals surface area contributed by atoms with Gasteiger partial charge in [-0.3, -0.25) is 4.79 Å². The van der Waals surface area contributed by atoms with E-state index in [1.165, 1.54) is 17.3 Å². The lowest BCUT2D eigenvalue weighted by atomic mass is 9.95. The van der Waals surface area contributed by atoms with Gasteiger partial charge in [-0.15, -0.1) is 0 Å². The molecule has 2 fully saturated rings. The summed E-state index contributed by atoms with van der Waals surface area (Å²) in [5.41, 5.74) is -0.107. The fraction of sp³-hybridized carbons (Fsp3) is 0.619. The lowest BCUT2D eigenvalue weighted by Crippen LogP contribution is -2.42. The summed E-state index contributed by atoms with van der Waals surface area (Å²) < 4.78 is 46.4. The second-order valence-electron chi connectivity index (χ2n) is 8.00. The molecule has 1 N–H and O–H groups in total. The van der Waals surface area contributed by atoms with Gasteiger partial charge in [-0.25, -0.2) is 17.6 Å². The van der Waals surface area contributed by atoms with Crippen molar-refractivity contribution in [2.45, 2.75) is 75.3 Å². The van der Waals surface area contributed by atoms with Crippen LogP contribution in [-0.2, 0) is 19.6 Å². The smallest absolute Gasteiger partial charge is 0.338 e. The van der Waals surface area contributed by atoms with Crippen molar-refractivity contribution in [3.63, 3.8) is 0 Å². The quantitative estimate of drug-likeness (QED) is 0.687. The number of sulfonamides is 1. The van der Waals surface area contributed by atoms with Gasteiger partial charge >= 0.3 is 5.97 Å². The van der Waals surface area contributed by atoms with E-state index in [4.69, 9.17) is 4.74 Å². The number of esters is 1. The lowest BCUT2D eigenvalue weighted by molar-refractivity contribution is -0.130. The van der Waals surface area contributed by atoms with Gasteiger partial charge in [0.05, 0.1) is 5.56 Å². The standard InChI is InChI=1S/C21H29FN2O5S/c1-15(20(25)23-17-8-4-2-5-9-17)29-21(26)16-10-11-18(22)19(14-16)30(27,28)24-12-6-3-7-13-24/h10-11,14-15,17H,2-9,12-13H2,1H3,(H,23,25)/t15-/m0/s1. The third-order valence-electron chi connectivity index (χ3n) is 5.70. The van der Waals surface area contributed by atoms with Crippen LogP contribution in [0.3, 0.4) is 0 Å². The number of halogens is 1. The molecule has 9 heteroatoms. The van der Waals surface area contributed by atoms with Crippen LogP contribution in [0.4, 0.5) is 4.39 Å². The van der Waals surface area contributed by atoms with Gasteiger partial charge < -0.3 is 10.1 Å². The predicted molar refractivity (Wildman–Crippen MR) is 109 cm³/mol. The Morgan fingerprint density at radius 1 is 1.10 bits per heavy atom. The summed E-state index contributed by atoms with van der Waals surface area (Å²) in [7, 11) is -4.04. The first-order valence-electron chi connectivity index (χ1n) is 10.6. The van der Waals surface area contributed by atoms with Crippen molar-refractivity contribution in [3.05, 3.63) is 29.6 Å². The molecule has 30 heavy (non-hydrogen) atoms. The molecule has 0 aromatic heterocycles. The molecule has 0 spiro atoms. The van der Waals surface area contributed by atoms with E-state index >= 15 is 0 Å². The molecule has 1 amide bonds. The number of hydrogen-bond acceptors (Lipinski definition) is 5. The highest BCUT2D eigenvalue weighted by atomic mass is 32.2. The molecule has 7 nitrogen and oxygen atoms in total. The van der Waals surface area contributed by atoms with Gasteiger partial charge in [0.15, 0.2) is 6.10 Å². The number of rotatable bonds is 6. The van der Waals surface area contributed by atoms with Crippen LogP contribution in [0.15, 0.2) is 23.1 Å². The Morgan fingerprint density at radius 2 is 1.73 bits per heavy atom. The monoisotopic (exact) mass is 440 g/mol. The molecule has 1 aromatic rings. The molecule has 1 saturated heterocycles. The summed E-state index contributed by atoms with van der Waals surface area (Å²) in [5.74, 6) is -2.17. The Hall–Kier alpha value is -2.00. The predicted octanol–water partition coefficient (Wildman–Crippen LogP) is 2.99. The Bertz CT molecular complexity index is 877. The number of hydrogen-bond donors (Lipinski definition) is 1. The zero-order chi connectivity index (χ0) is 21.7. The number of carbonyl (C=O) groups excluding carboxylic acids is 2. The normalized spacial score (nSPS) is 19.8. The third-order valence-corrected chi connectivity index (χ3v) is 7.62. The first-order valence-corrected chi connectivity index (χ1v) is 12.0. The second kappa shape index (κ2) is 9.87. The van der Waals surface area contributed by atoms with E-state index in [-0.39, 0.29) is 11.6 Å². The zero-order valence-corrected chi connectivity index (χ0v) is 18.0. The Balaban J connectivity index is 1.68. The third kappa shape index (κ3) is 5.37. The summed E-state index contributed by atoms with van der Waals surface area (Å²) in [6.45, 7) is 2.12. The maximum absolute atomic E-state index is 14.3. The molecule has 1 aliphatic heterocycles. The number of piperidine rings is 1. The van der Waals surface area contributed by atoms with E-state index < -0.39 is 38.7 Å². The van der Waals surface area contributed by atoms with Gasteiger partial charge in [-0.05, 0) is 50.8 Å². The van der Waals surface area contributed by atoms with Crippen molar-refractivity contribution in [1.29, 1.82) is 0 Å². The SMILES string of the molecule is C[C@H](OC(=O)c1ccc(F)c(S(=O)(=O)N2CCCCC2)c1)C(=O)NC1CCCCC1. The van der Waals surface area contributed by atoms with Crippen LogP contribution in [0.25, 0.3) is 0 Å². The average Bonchev–Trinajstić information content (AvgIpc) is 2.75. The topological polar surface area (TPSA) is 92.8 Å². The Kier molecular flexibility index (Phi) is 7.46. The minimum absolute atomic E-state index is 0.0829. The molecule has 1 heterocycles. The van der Waals surface area contributed by atoms with Gasteiger partial charge in [0.25, 0.3) is 5.91 Å². The number of amides is 1. The minimum Gasteiger partial charge on any atom is -0.449 e. The van der Waals surface area contributed by atoms with Crippen molar-refractivity contribution >= 4 is 21.9 Å². The summed E-state index contributed by atoms with van der Waals surface area (Å²) in [4.78, 5) is 24.3. The summed E-state index contributed by atoms with van der Waals surface area (Å²) in [5, 5.41) is 2.88. The Morgan fingerprint density at radius 3 is 2.40 bits per heavy atom. The van der Waals surface area contributed by atoms with E-state index in [1.807, 2.05) is 0 Å². The number of carbonyl (C=O) groups is 2. The molecule has 0 bridgehead atoms. The summed E-state index contributed by atoms with van der Waals surface area (Å²) >= 11 is 0. The molecular formula is C21H29FN2O5S. The van der Waals surface area contributed by atoms with Crippen molar-refractivity contribution < 1.29 is 27.1 Å². The molecule has 166 valence electrons. The van der Waals surface area contributed by atoms with E-state index in [1.54, 1.807) is 0 Å². The van der Waals surface area contributed by atoms with Crippen LogP contribution in [0, 0.1) is 5.82 Å². The highest BCUT2D eigenvalue weighted by Crippen LogP contribution is 2.24. The average molecular weight is 441 g/mol. The number of ether oxygens (including phenoxy) is 1. The van der Waals surface area contributed by atoms with Crippen LogP contribution < -0.4 is 5.32 Å². The van der Waals surface area contributed by atoms with Gasteiger partial charge in [-0.2, -0.15) is 4.31 Å². The fourth-order valence-corrected chi connectivity index (χ4v) is 5.53. The van der Waals surface area contributed by atoms with E-state index in [0.29, 0.717) is 13.1 Å². The minimum atomic E-state index is -4.04. The number of nitrogens with zero attached hydrogens (tertiary/aromatic N) is 1. The van der Waals surface area contributed by atoms with Crippen molar-refractivity contribution in [2.75, 3.05) is 13.1 Å². The Labute approximate surface area is 177 Å². The molecule has 1 saturated carbocycles.